The molecule has 4 rings (SSSR count). The molecule has 4 aromatic rings. The van der Waals surface area contributed by atoms with Gasteiger partial charge in [-0.3, -0.25) is 9.78 Å². The second kappa shape index (κ2) is 5.72. The lowest BCUT2D eigenvalue weighted by Crippen LogP contribution is -2.13. The van der Waals surface area contributed by atoms with E-state index in [-0.39, 0.29) is 10.3 Å². The second-order valence-corrected chi connectivity index (χ2v) is 6.17. The van der Waals surface area contributed by atoms with Crippen molar-refractivity contribution in [2.45, 2.75) is 13.5 Å². The van der Waals surface area contributed by atoms with Gasteiger partial charge in [-0.2, -0.15) is 5.26 Å². The number of hydrogen-bond acceptors (Lipinski definition) is 3. The minimum absolute atomic E-state index is 0.0344. The predicted molar refractivity (Wildman–Crippen MR) is 101 cm³/mol. The number of rotatable bonds is 2. The zero-order chi connectivity index (χ0) is 17.6. The fraction of sp³-hybridized carbons (Fsp3) is 0.105. The Hall–Kier alpha value is -3.17. The summed E-state index contributed by atoms with van der Waals surface area (Å²) in [6.07, 6.45) is 0. The Kier molecular flexibility index (Phi) is 3.52. The molecule has 0 saturated carbocycles. The number of para-hydroxylation sites is 1. The van der Waals surface area contributed by atoms with Crippen LogP contribution in [0.15, 0.2) is 47.3 Å². The van der Waals surface area contributed by atoms with Crippen LogP contribution < -0.4 is 5.56 Å². The highest BCUT2D eigenvalue weighted by Crippen LogP contribution is 2.32. The molecular formula is C19H14N4OS. The zero-order valence-corrected chi connectivity index (χ0v) is 14.3. The number of hydrogen-bond donors (Lipinski definition) is 2. The Labute approximate surface area is 148 Å². The third kappa shape index (κ3) is 2.29. The van der Waals surface area contributed by atoms with Crippen LogP contribution >= 0.6 is 12.2 Å². The molecule has 25 heavy (non-hydrogen) atoms. The van der Waals surface area contributed by atoms with Gasteiger partial charge in [0.15, 0.2) is 4.77 Å². The quantitative estimate of drug-likeness (QED) is 0.537. The normalized spacial score (nSPS) is 11.0. The highest BCUT2D eigenvalue weighted by atomic mass is 32.1. The lowest BCUT2D eigenvalue weighted by Gasteiger charge is -2.06. The molecule has 0 amide bonds. The SMILES string of the molecule is CCn1c2ccccc2c2cc(-c3[nH]c(=S)[nH]c(=O)c3C#N)ccc21. The fourth-order valence-electron chi connectivity index (χ4n) is 3.36. The van der Waals surface area contributed by atoms with Gasteiger partial charge >= 0.3 is 0 Å². The number of nitrogens with zero attached hydrogens (tertiary/aromatic N) is 2. The lowest BCUT2D eigenvalue weighted by atomic mass is 10.0. The Bertz CT molecular complexity index is 1290. The molecule has 0 radical (unpaired) electrons. The van der Waals surface area contributed by atoms with Crippen LogP contribution in [-0.4, -0.2) is 14.5 Å². The van der Waals surface area contributed by atoms with E-state index in [0.29, 0.717) is 5.69 Å². The van der Waals surface area contributed by atoms with E-state index >= 15 is 0 Å². The second-order valence-electron chi connectivity index (χ2n) is 5.76. The predicted octanol–water partition coefficient (Wildman–Crippen LogP) is 4.10. The molecule has 0 fully saturated rings. The first kappa shape index (κ1) is 15.4. The van der Waals surface area contributed by atoms with E-state index < -0.39 is 5.56 Å². The molecular weight excluding hydrogens is 332 g/mol. The summed E-state index contributed by atoms with van der Waals surface area (Å²) in [7, 11) is 0. The van der Waals surface area contributed by atoms with Gasteiger partial charge in [-0.15, -0.1) is 0 Å². The first-order valence-electron chi connectivity index (χ1n) is 7.92. The van der Waals surface area contributed by atoms with Crippen LogP contribution in [0.25, 0.3) is 33.1 Å². The summed E-state index contributed by atoms with van der Waals surface area (Å²) in [6, 6.07) is 16.1. The van der Waals surface area contributed by atoms with Crippen molar-refractivity contribution in [2.24, 2.45) is 0 Å². The molecule has 2 aromatic heterocycles. The van der Waals surface area contributed by atoms with Crippen LogP contribution in [-0.2, 0) is 6.54 Å². The Morgan fingerprint density at radius 2 is 1.88 bits per heavy atom. The number of aromatic amines is 2. The van der Waals surface area contributed by atoms with Crippen LogP contribution in [0.4, 0.5) is 0 Å². The fourth-order valence-corrected chi connectivity index (χ4v) is 3.55. The maximum absolute atomic E-state index is 12.0. The van der Waals surface area contributed by atoms with Gasteiger partial charge in [-0.05, 0) is 37.3 Å². The number of nitrogens with one attached hydrogen (secondary N) is 2. The zero-order valence-electron chi connectivity index (χ0n) is 13.5. The van der Waals surface area contributed by atoms with E-state index in [4.69, 9.17) is 12.2 Å². The number of aryl methyl sites for hydroxylation is 1. The average molecular weight is 346 g/mol. The molecule has 122 valence electrons. The highest BCUT2D eigenvalue weighted by molar-refractivity contribution is 7.71. The van der Waals surface area contributed by atoms with Gasteiger partial charge in [0.1, 0.15) is 11.6 Å². The van der Waals surface area contributed by atoms with Crippen molar-refractivity contribution in [1.82, 2.24) is 14.5 Å². The molecule has 6 heteroatoms. The Balaban J connectivity index is 2.10. The van der Waals surface area contributed by atoms with Gasteiger partial charge in [-0.1, -0.05) is 24.3 Å². The molecule has 0 saturated heterocycles. The van der Waals surface area contributed by atoms with E-state index in [1.54, 1.807) is 0 Å². The van der Waals surface area contributed by atoms with Crippen molar-refractivity contribution < 1.29 is 0 Å². The summed E-state index contributed by atoms with van der Waals surface area (Å²) < 4.78 is 2.45. The first-order valence-corrected chi connectivity index (χ1v) is 8.33. The number of benzene rings is 2. The van der Waals surface area contributed by atoms with Crippen molar-refractivity contribution in [1.29, 1.82) is 5.26 Å². The molecule has 2 heterocycles. The number of fused-ring (bicyclic) bond motifs is 3. The Morgan fingerprint density at radius 3 is 2.64 bits per heavy atom. The highest BCUT2D eigenvalue weighted by Gasteiger charge is 2.14. The third-order valence-electron chi connectivity index (χ3n) is 4.43. The molecule has 0 atom stereocenters. The van der Waals surface area contributed by atoms with Crippen LogP contribution in [0, 0.1) is 16.1 Å². The minimum atomic E-state index is -0.475. The molecule has 2 N–H and O–H groups in total. The van der Waals surface area contributed by atoms with E-state index in [1.807, 2.05) is 36.4 Å². The molecule has 0 bridgehead atoms. The van der Waals surface area contributed by atoms with Crippen molar-refractivity contribution in [3.05, 3.63) is 63.2 Å². The monoisotopic (exact) mass is 346 g/mol. The van der Waals surface area contributed by atoms with Crippen LogP contribution in [0.5, 0.6) is 0 Å². The Morgan fingerprint density at radius 1 is 1.12 bits per heavy atom. The van der Waals surface area contributed by atoms with Gasteiger partial charge in [0.05, 0.1) is 5.69 Å². The van der Waals surface area contributed by atoms with E-state index in [9.17, 15) is 10.1 Å². The molecule has 0 aliphatic carbocycles. The summed E-state index contributed by atoms with van der Waals surface area (Å²) in [5.41, 5.74) is 3.06. The summed E-state index contributed by atoms with van der Waals surface area (Å²) in [5, 5.41) is 11.6. The largest absolute Gasteiger partial charge is 0.341 e. The standard InChI is InChI=1S/C19H14N4OS/c1-2-23-15-6-4-3-5-12(15)13-9-11(7-8-16(13)23)17-14(10-20)18(24)22-19(25)21-17/h3-9H,2H2,1H3,(H2,21,22,24,25). The summed E-state index contributed by atoms with van der Waals surface area (Å²) >= 11 is 5.07. The van der Waals surface area contributed by atoms with Crippen LogP contribution in [0.2, 0.25) is 0 Å². The molecule has 5 nitrogen and oxygen atoms in total. The molecule has 0 spiro atoms. The number of H-pyrrole nitrogens is 2. The lowest BCUT2D eigenvalue weighted by molar-refractivity contribution is 0.827. The van der Waals surface area contributed by atoms with E-state index in [2.05, 4.69) is 33.6 Å². The van der Waals surface area contributed by atoms with Gasteiger partial charge in [0, 0.05) is 33.9 Å². The molecule has 0 unspecified atom stereocenters. The van der Waals surface area contributed by atoms with Gasteiger partial charge in [0.2, 0.25) is 0 Å². The summed E-state index contributed by atoms with van der Waals surface area (Å²) in [6.45, 7) is 2.97. The molecule has 0 aliphatic heterocycles. The van der Waals surface area contributed by atoms with E-state index in [0.717, 1.165) is 33.9 Å². The third-order valence-corrected chi connectivity index (χ3v) is 4.64. The van der Waals surface area contributed by atoms with Crippen molar-refractivity contribution >= 4 is 34.0 Å². The van der Waals surface area contributed by atoms with Crippen molar-refractivity contribution in [2.75, 3.05) is 0 Å². The van der Waals surface area contributed by atoms with Gasteiger partial charge in [0.25, 0.3) is 5.56 Å². The number of aromatic nitrogens is 3. The first-order chi connectivity index (χ1) is 12.1. The van der Waals surface area contributed by atoms with Crippen LogP contribution in [0.1, 0.15) is 12.5 Å². The van der Waals surface area contributed by atoms with Crippen molar-refractivity contribution in [3.63, 3.8) is 0 Å². The van der Waals surface area contributed by atoms with Gasteiger partial charge in [-0.25, -0.2) is 0 Å². The minimum Gasteiger partial charge on any atom is -0.341 e. The molecule has 0 aliphatic rings. The summed E-state index contributed by atoms with van der Waals surface area (Å²) in [4.78, 5) is 17.4. The summed E-state index contributed by atoms with van der Waals surface area (Å²) in [5.74, 6) is 0. The van der Waals surface area contributed by atoms with Gasteiger partial charge < -0.3 is 9.55 Å². The topological polar surface area (TPSA) is 77.4 Å². The van der Waals surface area contributed by atoms with E-state index in [1.165, 1.54) is 0 Å². The number of nitriles is 1. The van der Waals surface area contributed by atoms with Crippen molar-refractivity contribution in [3.8, 4) is 17.3 Å². The maximum Gasteiger partial charge on any atom is 0.270 e. The maximum atomic E-state index is 12.0. The van der Waals surface area contributed by atoms with Crippen LogP contribution in [0.3, 0.4) is 0 Å². The average Bonchev–Trinajstić information content (AvgIpc) is 2.94. The molecule has 2 aromatic carbocycles. The smallest absolute Gasteiger partial charge is 0.270 e.